The molecule has 0 heterocycles. The molecule has 0 aliphatic heterocycles. The quantitative estimate of drug-likeness (QED) is 0.538. The smallest absolute Gasteiger partial charge is 0.0108 e. The van der Waals surface area contributed by atoms with Crippen LogP contribution in [-0.2, 0) is 0 Å². The van der Waals surface area contributed by atoms with E-state index in [1.807, 2.05) is 0 Å². The second-order valence-corrected chi connectivity index (χ2v) is 1.000. The van der Waals surface area contributed by atoms with Crippen LogP contribution in [0.5, 0.6) is 0 Å². The molecular weight excluding hydrogens is 110 g/mol. The molecule has 2 heteroatoms. The molecule has 0 aromatic rings. The van der Waals surface area contributed by atoms with Gasteiger partial charge >= 0.3 is 0 Å². The van der Waals surface area contributed by atoms with E-state index in [4.69, 9.17) is 0 Å². The average Bonchev–Trinajstić information content (AvgIpc) is 1.72. The van der Waals surface area contributed by atoms with E-state index in [1.165, 1.54) is 19.2 Å². The first kappa shape index (κ1) is 15.7. The fourth-order valence-electron chi connectivity index (χ4n) is 0. The predicted molar refractivity (Wildman–Crippen MR) is 37.4 cm³/mol. The molecule has 0 saturated carbocycles. The molecule has 1 nitrogen and oxygen atoms in total. The maximum absolute atomic E-state index is 4.64. The van der Waals surface area contributed by atoms with Gasteiger partial charge in [-0.1, -0.05) is 26.7 Å². The monoisotopic (exact) mass is 125 g/mol. The molecule has 48 valence electrons. The summed E-state index contributed by atoms with van der Waals surface area (Å²) in [5.74, 6) is 0. The Morgan fingerprint density at radius 3 is 1.14 bits per heavy atom. The zero-order chi connectivity index (χ0) is 5.41. The number of hydrogen-bond acceptors (Lipinski definition) is 1. The predicted octanol–water partition coefficient (Wildman–Crippen LogP) is 2.82. The Hall–Kier alpha value is 0.250. The van der Waals surface area contributed by atoms with Crippen molar-refractivity contribution in [2.45, 2.75) is 26.7 Å². The molecule has 0 bridgehead atoms. The van der Waals surface area contributed by atoms with E-state index in [2.05, 4.69) is 25.4 Å². The number of rotatable bonds is 1. The summed E-state index contributed by atoms with van der Waals surface area (Å²) < 4.78 is 0. The molecule has 0 spiro atoms. The number of alkyl halides is 1. The summed E-state index contributed by atoms with van der Waals surface area (Å²) in [6.45, 7) is 4.36. The normalized spacial score (nSPS) is 5.14. The highest BCUT2D eigenvalue weighted by Crippen LogP contribution is 1.76. The summed E-state index contributed by atoms with van der Waals surface area (Å²) in [6.07, 6.45) is 4.11. The van der Waals surface area contributed by atoms with Crippen LogP contribution in [0.2, 0.25) is 0 Å². The van der Waals surface area contributed by atoms with E-state index in [9.17, 15) is 0 Å². The van der Waals surface area contributed by atoms with Crippen LogP contribution in [0.25, 0.3) is 0 Å². The van der Waals surface area contributed by atoms with Crippen molar-refractivity contribution in [2.75, 3.05) is 6.38 Å². The molecule has 0 atom stereocenters. The minimum atomic E-state index is 0. The van der Waals surface area contributed by atoms with Gasteiger partial charge in [0.15, 0.2) is 0 Å². The first-order valence-electron chi connectivity index (χ1n) is 2.29. The lowest BCUT2D eigenvalue weighted by atomic mass is 10.4. The molecule has 0 radical (unpaired) electrons. The van der Waals surface area contributed by atoms with Crippen LogP contribution in [0.4, 0.5) is 0 Å². The number of hydrogen-bond donors (Lipinski definition) is 1. The summed E-state index contributed by atoms with van der Waals surface area (Å²) in [4.78, 5) is 0. The molecule has 3 N–H and O–H groups in total. The zero-order valence-corrected chi connectivity index (χ0v) is 6.26. The highest BCUT2D eigenvalue weighted by atomic mass is 35.5. The molecule has 0 aromatic heterocycles. The van der Waals surface area contributed by atoms with E-state index in [0.29, 0.717) is 0 Å². The summed E-state index contributed by atoms with van der Waals surface area (Å²) >= 11 is 4.64. The number of halogens is 1. The molecule has 0 aromatic carbocycles. The molecule has 0 rings (SSSR count). The van der Waals surface area contributed by atoms with Gasteiger partial charge in [0.25, 0.3) is 0 Å². The molecule has 0 fully saturated rings. The highest BCUT2D eigenvalue weighted by molar-refractivity contribution is 6.15. The summed E-state index contributed by atoms with van der Waals surface area (Å²) in [5.41, 5.74) is 0. The van der Waals surface area contributed by atoms with Gasteiger partial charge in [-0.15, -0.1) is 11.6 Å². The fraction of sp³-hybridized carbons (Fsp3) is 1.00. The molecule has 0 amide bonds. The van der Waals surface area contributed by atoms with Crippen molar-refractivity contribution in [1.82, 2.24) is 6.15 Å². The summed E-state index contributed by atoms with van der Waals surface area (Å²) in [7, 11) is 0. The first-order valence-corrected chi connectivity index (χ1v) is 3.05. The van der Waals surface area contributed by atoms with Crippen LogP contribution < -0.4 is 6.15 Å². The van der Waals surface area contributed by atoms with Gasteiger partial charge in [-0.2, -0.15) is 0 Å². The lowest BCUT2D eigenvalue weighted by molar-refractivity contribution is 0.886. The van der Waals surface area contributed by atoms with Crippen LogP contribution in [-0.4, -0.2) is 6.38 Å². The Balaban J connectivity index is -0.0000000480. The molecule has 0 aliphatic carbocycles. The van der Waals surface area contributed by atoms with Gasteiger partial charge < -0.3 is 6.15 Å². The van der Waals surface area contributed by atoms with Crippen LogP contribution >= 0.6 is 11.6 Å². The molecule has 7 heavy (non-hydrogen) atoms. The summed E-state index contributed by atoms with van der Waals surface area (Å²) in [6, 6.07) is 0. The van der Waals surface area contributed by atoms with Crippen molar-refractivity contribution in [3.05, 3.63) is 0 Å². The van der Waals surface area contributed by atoms with E-state index in [0.717, 1.165) is 0 Å². The van der Waals surface area contributed by atoms with Gasteiger partial charge in [0.1, 0.15) is 0 Å². The van der Waals surface area contributed by atoms with Gasteiger partial charge in [-0.25, -0.2) is 0 Å². The Bertz CT molecular complexity index is 10.0. The summed E-state index contributed by atoms with van der Waals surface area (Å²) in [5, 5.41) is 0. The van der Waals surface area contributed by atoms with Gasteiger partial charge in [-0.3, -0.25) is 0 Å². The van der Waals surface area contributed by atoms with Gasteiger partial charge in [0.2, 0.25) is 0 Å². The topological polar surface area (TPSA) is 35.0 Å². The third kappa shape index (κ3) is 72.2. The zero-order valence-electron chi connectivity index (χ0n) is 5.50. The van der Waals surface area contributed by atoms with E-state index >= 15 is 0 Å². The second-order valence-electron chi connectivity index (χ2n) is 1.000. The van der Waals surface area contributed by atoms with E-state index in [-0.39, 0.29) is 6.15 Å². The molecule has 0 aliphatic rings. The SMILES string of the molecule is CCCC.CCl.N. The Morgan fingerprint density at radius 1 is 1.00 bits per heavy atom. The van der Waals surface area contributed by atoms with Gasteiger partial charge in [0, 0.05) is 6.38 Å². The molecular formula is C5H16ClN. The Morgan fingerprint density at radius 2 is 1.14 bits per heavy atom. The minimum absolute atomic E-state index is 0. The Kier molecular flexibility index (Phi) is 76.2. The lowest BCUT2D eigenvalue weighted by Crippen LogP contribution is -1.47. The largest absolute Gasteiger partial charge is 0.344 e. The van der Waals surface area contributed by atoms with Crippen molar-refractivity contribution in [2.24, 2.45) is 0 Å². The third-order valence-corrected chi connectivity index (χ3v) is 0.500. The Labute approximate surface area is 51.6 Å². The van der Waals surface area contributed by atoms with Crippen LogP contribution in [0.15, 0.2) is 0 Å². The first-order chi connectivity index (χ1) is 2.91. The second kappa shape index (κ2) is 34.0. The van der Waals surface area contributed by atoms with Crippen molar-refractivity contribution in [3.63, 3.8) is 0 Å². The van der Waals surface area contributed by atoms with Crippen LogP contribution in [0, 0.1) is 0 Å². The minimum Gasteiger partial charge on any atom is -0.344 e. The van der Waals surface area contributed by atoms with Gasteiger partial charge in [0.05, 0.1) is 0 Å². The maximum atomic E-state index is 4.64. The van der Waals surface area contributed by atoms with Crippen molar-refractivity contribution in [3.8, 4) is 0 Å². The fourth-order valence-corrected chi connectivity index (χ4v) is 0. The van der Waals surface area contributed by atoms with Crippen molar-refractivity contribution < 1.29 is 0 Å². The van der Waals surface area contributed by atoms with E-state index < -0.39 is 0 Å². The highest BCUT2D eigenvalue weighted by Gasteiger charge is 1.56. The molecule has 0 saturated heterocycles. The maximum Gasteiger partial charge on any atom is 0.0108 e. The lowest BCUT2D eigenvalue weighted by Gasteiger charge is -1.68. The molecule has 0 unspecified atom stereocenters. The third-order valence-electron chi connectivity index (χ3n) is 0.500. The van der Waals surface area contributed by atoms with Gasteiger partial charge in [-0.05, 0) is 0 Å². The standard InChI is InChI=1S/C4H10.CH3Cl.H3N/c1-3-4-2;1-2;/h3-4H2,1-2H3;1H3;1H3. The number of unbranched alkanes of at least 4 members (excludes halogenated alkanes) is 1. The average molecular weight is 126 g/mol. The van der Waals surface area contributed by atoms with Crippen molar-refractivity contribution in [1.29, 1.82) is 0 Å². The van der Waals surface area contributed by atoms with Crippen molar-refractivity contribution >= 4 is 11.6 Å². The van der Waals surface area contributed by atoms with Crippen LogP contribution in [0.1, 0.15) is 26.7 Å². The van der Waals surface area contributed by atoms with E-state index in [1.54, 1.807) is 0 Å². The van der Waals surface area contributed by atoms with Crippen LogP contribution in [0.3, 0.4) is 0 Å².